The molecule has 3 atom stereocenters. The Hall–Kier alpha value is -2.10. The lowest BCUT2D eigenvalue weighted by Crippen LogP contribution is -2.43. The van der Waals surface area contributed by atoms with E-state index in [9.17, 15) is 0 Å². The number of fused-ring (bicyclic) bond motifs is 1. The van der Waals surface area contributed by atoms with Crippen LogP contribution in [-0.2, 0) is 7.05 Å². The van der Waals surface area contributed by atoms with Crippen molar-refractivity contribution in [2.24, 2.45) is 18.9 Å². The molecule has 0 aliphatic heterocycles. The fourth-order valence-corrected chi connectivity index (χ4v) is 3.36. The van der Waals surface area contributed by atoms with E-state index in [1.54, 1.807) is 6.33 Å². The second-order valence-electron chi connectivity index (χ2n) is 5.83. The summed E-state index contributed by atoms with van der Waals surface area (Å²) in [5.41, 5.74) is 2.29. The summed E-state index contributed by atoms with van der Waals surface area (Å²) < 4.78 is 1.93. The number of aromatic nitrogens is 3. The minimum Gasteiger partial charge on any atom is -0.382 e. The molecular weight excluding hydrogens is 248 g/mol. The Balaban J connectivity index is 1.48. The molecule has 3 unspecified atom stereocenters. The van der Waals surface area contributed by atoms with E-state index in [1.165, 1.54) is 18.5 Å². The van der Waals surface area contributed by atoms with Gasteiger partial charge >= 0.3 is 0 Å². The zero-order valence-electron chi connectivity index (χ0n) is 11.5. The van der Waals surface area contributed by atoms with E-state index >= 15 is 0 Å². The summed E-state index contributed by atoms with van der Waals surface area (Å²) in [6.07, 6.45) is 8.99. The van der Waals surface area contributed by atoms with Crippen LogP contribution in [0.5, 0.6) is 0 Å². The molecule has 1 heterocycles. The Morgan fingerprint density at radius 2 is 2.10 bits per heavy atom. The van der Waals surface area contributed by atoms with Gasteiger partial charge in [-0.2, -0.15) is 0 Å². The van der Waals surface area contributed by atoms with Gasteiger partial charge in [0.2, 0.25) is 0 Å². The van der Waals surface area contributed by atoms with E-state index < -0.39 is 0 Å². The highest BCUT2D eigenvalue weighted by molar-refractivity contribution is 5.60. The smallest absolute Gasteiger partial charge is 0.163 e. The molecule has 1 aromatic carbocycles. The quantitative estimate of drug-likeness (QED) is 0.869. The lowest BCUT2D eigenvalue weighted by atomic mass is 9.71. The van der Waals surface area contributed by atoms with Crippen molar-refractivity contribution in [3.63, 3.8) is 0 Å². The zero-order chi connectivity index (χ0) is 13.5. The molecule has 1 aromatic heterocycles. The lowest BCUT2D eigenvalue weighted by Gasteiger charge is -2.41. The number of allylic oxidation sites excluding steroid dienone is 1. The number of nitrogens with one attached hydrogen (secondary N) is 1. The molecule has 4 rings (SSSR count). The number of benzene rings is 1. The molecule has 4 heteroatoms. The average molecular weight is 266 g/mol. The van der Waals surface area contributed by atoms with E-state index in [4.69, 9.17) is 0 Å². The van der Waals surface area contributed by atoms with Gasteiger partial charge in [-0.15, -0.1) is 10.2 Å². The number of aryl methyl sites for hydroxylation is 1. The fourth-order valence-electron chi connectivity index (χ4n) is 3.36. The molecule has 0 amide bonds. The Bertz CT molecular complexity index is 641. The summed E-state index contributed by atoms with van der Waals surface area (Å²) in [6.45, 7) is 0. The maximum absolute atomic E-state index is 4.13. The lowest BCUT2D eigenvalue weighted by molar-refractivity contribution is 0.218. The van der Waals surface area contributed by atoms with Crippen molar-refractivity contribution in [2.75, 3.05) is 5.32 Å². The number of hydrogen-bond donors (Lipinski definition) is 1. The summed E-state index contributed by atoms with van der Waals surface area (Å²) in [5, 5.41) is 11.7. The zero-order valence-corrected chi connectivity index (χ0v) is 11.5. The molecule has 2 aliphatic carbocycles. The van der Waals surface area contributed by atoms with E-state index in [1.807, 2.05) is 11.6 Å². The molecule has 20 heavy (non-hydrogen) atoms. The van der Waals surface area contributed by atoms with Crippen molar-refractivity contribution >= 4 is 5.69 Å². The van der Waals surface area contributed by atoms with Crippen LogP contribution in [0.4, 0.5) is 5.69 Å². The van der Waals surface area contributed by atoms with Crippen molar-refractivity contribution in [3.05, 3.63) is 42.7 Å². The first kappa shape index (κ1) is 11.7. The van der Waals surface area contributed by atoms with Crippen LogP contribution in [0, 0.1) is 11.8 Å². The number of rotatable bonds is 3. The van der Waals surface area contributed by atoms with Crippen molar-refractivity contribution < 1.29 is 0 Å². The third-order valence-electron chi connectivity index (χ3n) is 4.57. The van der Waals surface area contributed by atoms with Gasteiger partial charge in [-0.1, -0.05) is 12.2 Å². The third kappa shape index (κ3) is 1.83. The number of anilines is 1. The van der Waals surface area contributed by atoms with Crippen LogP contribution in [0.1, 0.15) is 12.8 Å². The van der Waals surface area contributed by atoms with Gasteiger partial charge in [0.1, 0.15) is 6.33 Å². The Morgan fingerprint density at radius 1 is 1.25 bits per heavy atom. The topological polar surface area (TPSA) is 42.7 Å². The van der Waals surface area contributed by atoms with E-state index in [2.05, 4.69) is 51.9 Å². The summed E-state index contributed by atoms with van der Waals surface area (Å²) in [4.78, 5) is 0. The molecule has 1 N–H and O–H groups in total. The maximum Gasteiger partial charge on any atom is 0.163 e. The van der Waals surface area contributed by atoms with Crippen LogP contribution in [-0.4, -0.2) is 20.8 Å². The SMILES string of the molecule is Cn1cnnc1-c1ccc(NC2CC3CC=CC32)cc1. The molecule has 2 aromatic rings. The first-order chi connectivity index (χ1) is 9.81. The summed E-state index contributed by atoms with van der Waals surface area (Å²) >= 11 is 0. The van der Waals surface area contributed by atoms with Gasteiger partial charge in [-0.05, 0) is 43.0 Å². The first-order valence-corrected chi connectivity index (χ1v) is 7.19. The summed E-state index contributed by atoms with van der Waals surface area (Å²) in [7, 11) is 1.96. The molecule has 0 bridgehead atoms. The van der Waals surface area contributed by atoms with Crippen molar-refractivity contribution in [1.82, 2.24) is 14.8 Å². The van der Waals surface area contributed by atoms with Gasteiger partial charge in [0.25, 0.3) is 0 Å². The van der Waals surface area contributed by atoms with Gasteiger partial charge in [-0.25, -0.2) is 0 Å². The second kappa shape index (κ2) is 4.47. The minimum atomic E-state index is 0.611. The van der Waals surface area contributed by atoms with Gasteiger partial charge in [0, 0.05) is 30.3 Å². The standard InChI is InChI=1S/C16H18N4/c1-20-10-17-19-16(20)11-5-7-13(8-6-11)18-15-9-12-3-2-4-14(12)15/h2,4-8,10,12,14-15,18H,3,9H2,1H3. The molecule has 0 spiro atoms. The molecule has 1 saturated carbocycles. The predicted molar refractivity (Wildman–Crippen MR) is 79.2 cm³/mol. The average Bonchev–Trinajstić information content (AvgIpc) is 3.03. The first-order valence-electron chi connectivity index (χ1n) is 7.19. The summed E-state index contributed by atoms with van der Waals surface area (Å²) in [6, 6.07) is 9.09. The van der Waals surface area contributed by atoms with Crippen LogP contribution < -0.4 is 5.32 Å². The van der Waals surface area contributed by atoms with Crippen molar-refractivity contribution in [2.45, 2.75) is 18.9 Å². The third-order valence-corrected chi connectivity index (χ3v) is 4.57. The summed E-state index contributed by atoms with van der Waals surface area (Å²) in [5.74, 6) is 2.54. The monoisotopic (exact) mass is 266 g/mol. The van der Waals surface area contributed by atoms with E-state index in [0.29, 0.717) is 6.04 Å². The molecule has 0 saturated heterocycles. The predicted octanol–water partition coefficient (Wildman–Crippen LogP) is 2.86. The van der Waals surface area contributed by atoms with Gasteiger partial charge in [-0.3, -0.25) is 0 Å². The Kier molecular flexibility index (Phi) is 2.62. The number of hydrogen-bond acceptors (Lipinski definition) is 3. The Labute approximate surface area is 118 Å². The normalized spacial score (nSPS) is 27.1. The highest BCUT2D eigenvalue weighted by Crippen LogP contribution is 2.44. The van der Waals surface area contributed by atoms with Gasteiger partial charge in [0.05, 0.1) is 0 Å². The van der Waals surface area contributed by atoms with Gasteiger partial charge in [0.15, 0.2) is 5.82 Å². The van der Waals surface area contributed by atoms with Crippen LogP contribution in [0.3, 0.4) is 0 Å². The number of nitrogens with zero attached hydrogens (tertiary/aromatic N) is 3. The van der Waals surface area contributed by atoms with Crippen molar-refractivity contribution in [1.29, 1.82) is 0 Å². The molecule has 102 valence electrons. The largest absolute Gasteiger partial charge is 0.382 e. The van der Waals surface area contributed by atoms with E-state index in [-0.39, 0.29) is 0 Å². The van der Waals surface area contributed by atoms with Crippen LogP contribution >= 0.6 is 0 Å². The molecule has 0 radical (unpaired) electrons. The van der Waals surface area contributed by atoms with Crippen LogP contribution in [0.2, 0.25) is 0 Å². The Morgan fingerprint density at radius 3 is 2.80 bits per heavy atom. The highest BCUT2D eigenvalue weighted by atomic mass is 15.2. The highest BCUT2D eigenvalue weighted by Gasteiger charge is 2.40. The van der Waals surface area contributed by atoms with Crippen LogP contribution in [0.15, 0.2) is 42.7 Å². The molecule has 1 fully saturated rings. The molecular formula is C16H18N4. The van der Waals surface area contributed by atoms with Crippen LogP contribution in [0.25, 0.3) is 11.4 Å². The van der Waals surface area contributed by atoms with Gasteiger partial charge < -0.3 is 9.88 Å². The maximum atomic E-state index is 4.13. The van der Waals surface area contributed by atoms with E-state index in [0.717, 1.165) is 23.2 Å². The molecule has 4 nitrogen and oxygen atoms in total. The minimum absolute atomic E-state index is 0.611. The molecule has 2 aliphatic rings. The fraction of sp³-hybridized carbons (Fsp3) is 0.375. The second-order valence-corrected chi connectivity index (χ2v) is 5.83. The van der Waals surface area contributed by atoms with Crippen molar-refractivity contribution in [3.8, 4) is 11.4 Å².